The molecule has 0 spiro atoms. The van der Waals surface area contributed by atoms with Crippen LogP contribution in [-0.2, 0) is 13.0 Å². The van der Waals surface area contributed by atoms with Crippen molar-refractivity contribution < 1.29 is 4.79 Å². The fourth-order valence-corrected chi connectivity index (χ4v) is 4.20. The SMILES string of the molecule is CN=C(NCCc1cccc(C(=O)N(C)C)c1)NCC1CCCCN1Cc1ccccc1. The van der Waals surface area contributed by atoms with Gasteiger partial charge in [0.15, 0.2) is 5.96 Å². The predicted molar refractivity (Wildman–Crippen MR) is 132 cm³/mol. The first-order valence-electron chi connectivity index (χ1n) is 11.6. The Morgan fingerprint density at radius 3 is 2.59 bits per heavy atom. The third kappa shape index (κ3) is 7.09. The summed E-state index contributed by atoms with van der Waals surface area (Å²) in [5.41, 5.74) is 3.24. The molecule has 1 aliphatic rings. The topological polar surface area (TPSA) is 60.0 Å². The van der Waals surface area contributed by atoms with Gasteiger partial charge in [0.1, 0.15) is 0 Å². The molecular weight excluding hydrogens is 398 g/mol. The van der Waals surface area contributed by atoms with Crippen LogP contribution in [0.5, 0.6) is 0 Å². The molecule has 1 atom stereocenters. The Labute approximate surface area is 192 Å². The Bertz CT molecular complexity index is 881. The first kappa shape index (κ1) is 23.8. The monoisotopic (exact) mass is 435 g/mol. The number of carbonyl (C=O) groups is 1. The van der Waals surface area contributed by atoms with Crippen LogP contribution in [0, 0.1) is 0 Å². The number of amides is 1. The number of hydrogen-bond donors (Lipinski definition) is 2. The number of rotatable bonds is 8. The maximum atomic E-state index is 12.2. The van der Waals surface area contributed by atoms with Crippen LogP contribution in [0.2, 0.25) is 0 Å². The van der Waals surface area contributed by atoms with Crippen molar-refractivity contribution in [2.75, 3.05) is 40.8 Å². The van der Waals surface area contributed by atoms with Gasteiger partial charge >= 0.3 is 0 Å². The van der Waals surface area contributed by atoms with Gasteiger partial charge in [0, 0.05) is 52.4 Å². The van der Waals surface area contributed by atoms with Gasteiger partial charge in [-0.2, -0.15) is 0 Å². The second kappa shape index (κ2) is 12.2. The number of likely N-dealkylation sites (tertiary alicyclic amines) is 1. The molecule has 0 bridgehead atoms. The molecule has 2 aromatic rings. The van der Waals surface area contributed by atoms with E-state index < -0.39 is 0 Å². The Hall–Kier alpha value is -2.86. The van der Waals surface area contributed by atoms with Gasteiger partial charge in [-0.05, 0) is 49.1 Å². The summed E-state index contributed by atoms with van der Waals surface area (Å²) in [6, 6.07) is 19.1. The summed E-state index contributed by atoms with van der Waals surface area (Å²) in [7, 11) is 5.37. The minimum Gasteiger partial charge on any atom is -0.356 e. The van der Waals surface area contributed by atoms with Crippen molar-refractivity contribution in [2.24, 2.45) is 4.99 Å². The fraction of sp³-hybridized carbons (Fsp3) is 0.462. The molecule has 1 heterocycles. The van der Waals surface area contributed by atoms with E-state index in [1.165, 1.54) is 24.8 Å². The molecular formula is C26H37N5O. The third-order valence-corrected chi connectivity index (χ3v) is 5.99. The lowest BCUT2D eigenvalue weighted by Crippen LogP contribution is -2.49. The zero-order chi connectivity index (χ0) is 22.8. The summed E-state index contributed by atoms with van der Waals surface area (Å²) >= 11 is 0. The molecule has 1 unspecified atom stereocenters. The first-order chi connectivity index (χ1) is 15.6. The van der Waals surface area contributed by atoms with Crippen molar-refractivity contribution in [2.45, 2.75) is 38.3 Å². The van der Waals surface area contributed by atoms with E-state index in [9.17, 15) is 4.79 Å². The van der Waals surface area contributed by atoms with E-state index in [1.807, 2.05) is 25.2 Å². The van der Waals surface area contributed by atoms with Gasteiger partial charge in [-0.1, -0.05) is 48.9 Å². The van der Waals surface area contributed by atoms with Crippen LogP contribution in [-0.4, -0.2) is 68.5 Å². The number of nitrogens with zero attached hydrogens (tertiary/aromatic N) is 3. The average molecular weight is 436 g/mol. The quantitative estimate of drug-likeness (QED) is 0.494. The summed E-state index contributed by atoms with van der Waals surface area (Å²) in [4.78, 5) is 20.8. The molecule has 1 aliphatic heterocycles. The van der Waals surface area contributed by atoms with Gasteiger partial charge in [-0.15, -0.1) is 0 Å². The molecule has 0 radical (unpaired) electrons. The number of piperidine rings is 1. The van der Waals surface area contributed by atoms with Crippen molar-refractivity contribution in [3.8, 4) is 0 Å². The molecule has 6 heteroatoms. The second-order valence-corrected chi connectivity index (χ2v) is 8.64. The minimum atomic E-state index is 0.0322. The van der Waals surface area contributed by atoms with E-state index in [4.69, 9.17) is 0 Å². The van der Waals surface area contributed by atoms with E-state index >= 15 is 0 Å². The van der Waals surface area contributed by atoms with E-state index in [2.05, 4.69) is 56.9 Å². The molecule has 3 rings (SSSR count). The maximum absolute atomic E-state index is 12.2. The summed E-state index contributed by atoms with van der Waals surface area (Å²) < 4.78 is 0. The largest absolute Gasteiger partial charge is 0.356 e. The highest BCUT2D eigenvalue weighted by molar-refractivity contribution is 5.94. The molecule has 32 heavy (non-hydrogen) atoms. The van der Waals surface area contributed by atoms with E-state index in [-0.39, 0.29) is 5.91 Å². The molecule has 1 amide bonds. The van der Waals surface area contributed by atoms with Crippen LogP contribution in [0.15, 0.2) is 59.6 Å². The lowest BCUT2D eigenvalue weighted by atomic mass is 10.0. The molecule has 0 aromatic heterocycles. The Kier molecular flexibility index (Phi) is 9.11. The van der Waals surface area contributed by atoms with Crippen LogP contribution in [0.25, 0.3) is 0 Å². The van der Waals surface area contributed by atoms with Crippen LogP contribution < -0.4 is 10.6 Å². The van der Waals surface area contributed by atoms with E-state index in [0.717, 1.165) is 49.7 Å². The molecule has 1 fully saturated rings. The number of nitrogens with one attached hydrogen (secondary N) is 2. The lowest BCUT2D eigenvalue weighted by Gasteiger charge is -2.36. The van der Waals surface area contributed by atoms with E-state index in [0.29, 0.717) is 6.04 Å². The van der Waals surface area contributed by atoms with Crippen LogP contribution in [0.1, 0.15) is 40.7 Å². The van der Waals surface area contributed by atoms with Gasteiger partial charge in [-0.3, -0.25) is 14.7 Å². The highest BCUT2D eigenvalue weighted by atomic mass is 16.2. The number of hydrogen-bond acceptors (Lipinski definition) is 3. The lowest BCUT2D eigenvalue weighted by molar-refractivity contribution is 0.0827. The summed E-state index contributed by atoms with van der Waals surface area (Å²) in [5.74, 6) is 0.862. The van der Waals surface area contributed by atoms with Gasteiger partial charge in [0.2, 0.25) is 0 Å². The second-order valence-electron chi connectivity index (χ2n) is 8.64. The highest BCUT2D eigenvalue weighted by Gasteiger charge is 2.22. The maximum Gasteiger partial charge on any atom is 0.253 e. The zero-order valence-corrected chi connectivity index (χ0v) is 19.7. The Morgan fingerprint density at radius 2 is 1.84 bits per heavy atom. The van der Waals surface area contributed by atoms with Crippen molar-refractivity contribution in [1.29, 1.82) is 0 Å². The molecule has 0 saturated carbocycles. The summed E-state index contributed by atoms with van der Waals surface area (Å²) in [6.45, 7) is 3.80. The van der Waals surface area contributed by atoms with Crippen LogP contribution >= 0.6 is 0 Å². The zero-order valence-electron chi connectivity index (χ0n) is 19.7. The fourth-order valence-electron chi connectivity index (χ4n) is 4.20. The molecule has 172 valence electrons. The van der Waals surface area contributed by atoms with Gasteiger partial charge in [-0.25, -0.2) is 0 Å². The third-order valence-electron chi connectivity index (χ3n) is 5.99. The predicted octanol–water partition coefficient (Wildman–Crippen LogP) is 3.15. The van der Waals surface area contributed by atoms with Crippen molar-refractivity contribution in [1.82, 2.24) is 20.4 Å². The molecule has 2 aromatic carbocycles. The van der Waals surface area contributed by atoms with Gasteiger partial charge in [0.25, 0.3) is 5.91 Å². The molecule has 6 nitrogen and oxygen atoms in total. The van der Waals surface area contributed by atoms with Crippen molar-refractivity contribution >= 4 is 11.9 Å². The summed E-state index contributed by atoms with van der Waals surface area (Å²) in [5, 5.41) is 6.94. The normalized spacial score (nSPS) is 17.1. The summed E-state index contributed by atoms with van der Waals surface area (Å²) in [6.07, 6.45) is 4.60. The van der Waals surface area contributed by atoms with Crippen LogP contribution in [0.3, 0.4) is 0 Å². The smallest absolute Gasteiger partial charge is 0.253 e. The average Bonchev–Trinajstić information content (AvgIpc) is 2.82. The first-order valence-corrected chi connectivity index (χ1v) is 11.6. The van der Waals surface area contributed by atoms with E-state index in [1.54, 1.807) is 19.0 Å². The Morgan fingerprint density at radius 1 is 1.06 bits per heavy atom. The van der Waals surface area contributed by atoms with Gasteiger partial charge in [0.05, 0.1) is 0 Å². The number of aliphatic imine (C=N–C) groups is 1. The van der Waals surface area contributed by atoms with Crippen molar-refractivity contribution in [3.63, 3.8) is 0 Å². The standard InChI is InChI=1S/C26H37N5O/c1-27-26(28-16-15-21-12-9-13-23(18-21)25(32)30(2)3)29-19-24-14-7-8-17-31(24)20-22-10-5-4-6-11-22/h4-6,9-13,18,24H,7-8,14-17,19-20H2,1-3H3,(H2,27,28,29). The Balaban J connectivity index is 1.47. The number of carbonyl (C=O) groups excluding carboxylic acids is 1. The molecule has 2 N–H and O–H groups in total. The van der Waals surface area contributed by atoms with Crippen LogP contribution in [0.4, 0.5) is 0 Å². The van der Waals surface area contributed by atoms with Crippen molar-refractivity contribution in [3.05, 3.63) is 71.3 Å². The number of benzene rings is 2. The minimum absolute atomic E-state index is 0.0322. The van der Waals surface area contributed by atoms with Gasteiger partial charge < -0.3 is 15.5 Å². The molecule has 1 saturated heterocycles. The highest BCUT2D eigenvalue weighted by Crippen LogP contribution is 2.19. The number of guanidine groups is 1. The molecule has 0 aliphatic carbocycles.